The van der Waals surface area contributed by atoms with Gasteiger partial charge in [-0.3, -0.25) is 9.59 Å². The van der Waals surface area contributed by atoms with Gasteiger partial charge in [-0.25, -0.2) is 19.2 Å². The van der Waals surface area contributed by atoms with Gasteiger partial charge in [0.05, 0.1) is 23.6 Å². The quantitative estimate of drug-likeness (QED) is 0.421. The molecule has 1 N–H and O–H groups in total. The number of Topliss-reactive ketones (excluding diaryl/α,β-unsaturated/α-hetero) is 1. The maximum absolute atomic E-state index is 15.9. The summed E-state index contributed by atoms with van der Waals surface area (Å²) in [7, 11) is 0. The third kappa shape index (κ3) is 6.60. The molecule has 2 amide bonds. The molecule has 3 aliphatic rings. The number of aromatic nitrogens is 2. The van der Waals surface area contributed by atoms with Crippen LogP contribution in [0.15, 0.2) is 18.2 Å². The number of hydrogen-bond donors (Lipinski definition) is 1. The average molecular weight is 633 g/mol. The number of carbonyl (C=O) groups excluding carboxylic acids is 3. The molecule has 12 heteroatoms. The first kappa shape index (κ1) is 32.9. The van der Waals surface area contributed by atoms with Gasteiger partial charge in [0.15, 0.2) is 11.5 Å². The number of halogens is 3. The van der Waals surface area contributed by atoms with E-state index in [-0.39, 0.29) is 35.7 Å². The van der Waals surface area contributed by atoms with Crippen LogP contribution in [0.3, 0.4) is 0 Å². The van der Waals surface area contributed by atoms with Crippen LogP contribution in [0.25, 0.3) is 11.0 Å². The van der Waals surface area contributed by atoms with E-state index >= 15 is 8.78 Å². The van der Waals surface area contributed by atoms with Gasteiger partial charge in [-0.1, -0.05) is 48.0 Å². The molecular weight excluding hydrogens is 589 g/mol. The summed E-state index contributed by atoms with van der Waals surface area (Å²) in [5, 5.41) is 2.77. The van der Waals surface area contributed by atoms with E-state index in [4.69, 9.17) is 9.47 Å². The van der Waals surface area contributed by atoms with Crippen molar-refractivity contribution in [3.63, 3.8) is 0 Å². The molecule has 1 aromatic carbocycles. The topological polar surface area (TPSA) is 111 Å². The van der Waals surface area contributed by atoms with Crippen molar-refractivity contribution in [3.8, 4) is 5.88 Å². The van der Waals surface area contributed by atoms with Gasteiger partial charge < -0.3 is 19.7 Å². The molecule has 246 valence electrons. The maximum atomic E-state index is 15.9. The molecule has 3 heterocycles. The molecule has 1 aromatic heterocycles. The smallest absolute Gasteiger partial charge is 0.408 e. The first-order chi connectivity index (χ1) is 20.9. The second-order valence-electron chi connectivity index (χ2n) is 14.5. The van der Waals surface area contributed by atoms with Gasteiger partial charge in [-0.2, -0.15) is 8.78 Å². The van der Waals surface area contributed by atoms with Gasteiger partial charge in [0, 0.05) is 30.2 Å². The fourth-order valence-electron chi connectivity index (χ4n) is 6.55. The van der Waals surface area contributed by atoms with Crippen molar-refractivity contribution < 1.29 is 37.0 Å². The Bertz CT molecular complexity index is 1490. The van der Waals surface area contributed by atoms with Crippen molar-refractivity contribution in [3.05, 3.63) is 29.7 Å². The van der Waals surface area contributed by atoms with Crippen LogP contribution in [-0.2, 0) is 20.2 Å². The number of ether oxygens (including phenoxy) is 2. The standard InChI is InChI=1S/C33H43F3N4O5/c1-17(2)25(41)24-18(3)23-16-40(24)29(42)27(31(4,5)6)39-30(43)45-32(7)15-19(32)10-8-9-13-33(35,36)26-28(44-23)38-22-14-20(34)11-12-21(22)37-26/h11-12,14,17-19,23-24,27H,8-10,13,15-16H2,1-7H3,(H,39,43). The molecule has 9 nitrogen and oxygen atoms in total. The minimum atomic E-state index is -3.43. The number of benzene rings is 1. The maximum Gasteiger partial charge on any atom is 0.408 e. The van der Waals surface area contributed by atoms with Crippen molar-refractivity contribution in [2.75, 3.05) is 6.54 Å². The zero-order valence-electron chi connectivity index (χ0n) is 27.0. The van der Waals surface area contributed by atoms with Crippen LogP contribution in [0, 0.1) is 29.0 Å². The molecule has 1 saturated carbocycles. The van der Waals surface area contributed by atoms with E-state index in [1.807, 2.05) is 0 Å². The number of alkyl carbamates (subject to hydrolysis) is 1. The monoisotopic (exact) mass is 632 g/mol. The Hall–Kier alpha value is -3.44. The number of amides is 2. The summed E-state index contributed by atoms with van der Waals surface area (Å²) >= 11 is 0. The lowest BCUT2D eigenvalue weighted by Crippen LogP contribution is -2.57. The van der Waals surface area contributed by atoms with Crippen LogP contribution in [0.1, 0.15) is 86.3 Å². The van der Waals surface area contributed by atoms with Crippen molar-refractivity contribution in [2.24, 2.45) is 23.2 Å². The summed E-state index contributed by atoms with van der Waals surface area (Å²) in [5.41, 5.74) is -2.04. The summed E-state index contributed by atoms with van der Waals surface area (Å²) in [4.78, 5) is 50.9. The molecule has 2 aromatic rings. The largest absolute Gasteiger partial charge is 0.471 e. The Kier molecular flexibility index (Phi) is 8.59. The Morgan fingerprint density at radius 2 is 1.84 bits per heavy atom. The molecule has 2 fully saturated rings. The highest BCUT2D eigenvalue weighted by molar-refractivity contribution is 5.94. The Balaban J connectivity index is 1.60. The van der Waals surface area contributed by atoms with E-state index in [1.54, 1.807) is 48.5 Å². The number of hydrogen-bond acceptors (Lipinski definition) is 7. The second-order valence-corrected chi connectivity index (χ2v) is 14.5. The average Bonchev–Trinajstić information content (AvgIpc) is 3.46. The van der Waals surface area contributed by atoms with E-state index in [9.17, 15) is 18.8 Å². The third-order valence-electron chi connectivity index (χ3n) is 9.49. The van der Waals surface area contributed by atoms with Crippen LogP contribution in [-0.4, -0.2) is 63.0 Å². The Labute approximate surface area is 261 Å². The number of alkyl halides is 2. The lowest BCUT2D eigenvalue weighted by atomic mass is 9.85. The number of rotatable bonds is 2. The zero-order chi connectivity index (χ0) is 33.1. The van der Waals surface area contributed by atoms with Crippen molar-refractivity contribution >= 4 is 28.8 Å². The van der Waals surface area contributed by atoms with Crippen molar-refractivity contribution in [1.82, 2.24) is 20.2 Å². The van der Waals surface area contributed by atoms with Crippen molar-refractivity contribution in [2.45, 2.75) is 110 Å². The van der Waals surface area contributed by atoms with Crippen LogP contribution in [0.4, 0.5) is 18.0 Å². The third-order valence-corrected chi connectivity index (χ3v) is 9.49. The number of fused-ring (bicyclic) bond motifs is 5. The van der Waals surface area contributed by atoms with Gasteiger partial charge in [-0.05, 0) is 43.7 Å². The van der Waals surface area contributed by atoms with Gasteiger partial charge >= 0.3 is 6.09 Å². The first-order valence-corrected chi connectivity index (χ1v) is 15.8. The molecule has 0 spiro atoms. The number of nitrogens with one attached hydrogen (secondary N) is 1. The van der Waals surface area contributed by atoms with E-state index in [2.05, 4.69) is 15.3 Å². The summed E-state index contributed by atoms with van der Waals surface area (Å²) in [6.07, 6.45) is -0.369. The highest BCUT2D eigenvalue weighted by Gasteiger charge is 2.55. The van der Waals surface area contributed by atoms with E-state index in [1.165, 1.54) is 11.0 Å². The number of ketones is 1. The minimum Gasteiger partial charge on any atom is -0.471 e. The molecule has 2 aliphatic heterocycles. The van der Waals surface area contributed by atoms with Crippen molar-refractivity contribution in [1.29, 1.82) is 0 Å². The summed E-state index contributed by atoms with van der Waals surface area (Å²) in [6.45, 7) is 12.2. The summed E-state index contributed by atoms with van der Waals surface area (Å²) in [5.74, 6) is -6.30. The normalized spacial score (nSPS) is 30.8. The molecule has 45 heavy (non-hydrogen) atoms. The fourth-order valence-corrected chi connectivity index (χ4v) is 6.55. The highest BCUT2D eigenvalue weighted by atomic mass is 19.3. The van der Waals surface area contributed by atoms with Gasteiger partial charge in [0.1, 0.15) is 23.6 Å². The Morgan fingerprint density at radius 3 is 2.51 bits per heavy atom. The molecule has 1 saturated heterocycles. The number of nitrogens with zero attached hydrogens (tertiary/aromatic N) is 3. The molecular formula is C33H43F3N4O5. The van der Waals surface area contributed by atoms with Crippen LogP contribution >= 0.6 is 0 Å². The molecule has 2 bridgehead atoms. The van der Waals surface area contributed by atoms with E-state index in [0.29, 0.717) is 19.3 Å². The van der Waals surface area contributed by atoms with E-state index in [0.717, 1.165) is 12.1 Å². The SMILES string of the molecule is CC(C)C(=O)C1C(C)C2CN1C(=O)C(C(C)(C)C)NC(=O)OC1(C)CC1CCCCC(F)(F)c1nc3ccc(F)cc3nc1O2. The molecule has 6 unspecified atom stereocenters. The van der Waals surface area contributed by atoms with Gasteiger partial charge in [-0.15, -0.1) is 0 Å². The fraction of sp³-hybridized carbons (Fsp3) is 0.667. The predicted molar refractivity (Wildman–Crippen MR) is 160 cm³/mol. The zero-order valence-corrected chi connectivity index (χ0v) is 27.0. The van der Waals surface area contributed by atoms with Crippen LogP contribution in [0.5, 0.6) is 5.88 Å². The molecule has 6 atom stereocenters. The molecule has 1 aliphatic carbocycles. The summed E-state index contributed by atoms with van der Waals surface area (Å²) < 4.78 is 57.9. The highest BCUT2D eigenvalue weighted by Crippen LogP contribution is 2.50. The van der Waals surface area contributed by atoms with E-state index < -0.39 is 82.8 Å². The summed E-state index contributed by atoms with van der Waals surface area (Å²) in [6, 6.07) is 1.52. The minimum absolute atomic E-state index is 0.00188. The number of carbonyl (C=O) groups is 3. The van der Waals surface area contributed by atoms with Crippen LogP contribution < -0.4 is 10.1 Å². The van der Waals surface area contributed by atoms with Crippen LogP contribution in [0.2, 0.25) is 0 Å². The second kappa shape index (κ2) is 11.7. The lowest BCUT2D eigenvalue weighted by molar-refractivity contribution is -0.143. The van der Waals surface area contributed by atoms with Gasteiger partial charge in [0.2, 0.25) is 11.8 Å². The molecule has 0 radical (unpaired) electrons. The molecule has 5 rings (SSSR count). The lowest BCUT2D eigenvalue weighted by Gasteiger charge is -2.36. The first-order valence-electron chi connectivity index (χ1n) is 15.8. The Morgan fingerprint density at radius 1 is 1.13 bits per heavy atom. The van der Waals surface area contributed by atoms with Gasteiger partial charge in [0.25, 0.3) is 5.92 Å². The predicted octanol–water partition coefficient (Wildman–Crippen LogP) is 6.17.